The molecule has 2 amide bonds. The Labute approximate surface area is 156 Å². The Bertz CT molecular complexity index is 917. The quantitative estimate of drug-likeness (QED) is 0.848. The van der Waals surface area contributed by atoms with Gasteiger partial charge < -0.3 is 15.2 Å². The van der Waals surface area contributed by atoms with Crippen molar-refractivity contribution in [3.8, 4) is 0 Å². The van der Waals surface area contributed by atoms with Crippen LogP contribution in [0.15, 0.2) is 17.1 Å². The maximum atomic E-state index is 12.8. The van der Waals surface area contributed by atoms with E-state index in [1.54, 1.807) is 18.0 Å². The first-order valence-electron chi connectivity index (χ1n) is 9.70. The lowest BCUT2D eigenvalue weighted by molar-refractivity contribution is -0.127. The highest BCUT2D eigenvalue weighted by Crippen LogP contribution is 2.22. The maximum Gasteiger partial charge on any atom is 0.274 e. The molecule has 0 bridgehead atoms. The second-order valence-corrected chi connectivity index (χ2v) is 7.68. The number of carbonyl (C=O) groups is 2. The van der Waals surface area contributed by atoms with Gasteiger partial charge in [0.1, 0.15) is 5.52 Å². The van der Waals surface area contributed by atoms with E-state index in [0.29, 0.717) is 43.2 Å². The number of rotatable bonds is 3. The molecule has 8 nitrogen and oxygen atoms in total. The van der Waals surface area contributed by atoms with Gasteiger partial charge in [-0.1, -0.05) is 12.8 Å². The van der Waals surface area contributed by atoms with Gasteiger partial charge in [0.2, 0.25) is 5.91 Å². The van der Waals surface area contributed by atoms with E-state index in [1.807, 2.05) is 0 Å². The zero-order chi connectivity index (χ0) is 19.0. The average Bonchev–Trinajstić information content (AvgIpc) is 3.31. The maximum absolute atomic E-state index is 12.8. The fourth-order valence-electron chi connectivity index (χ4n) is 4.12. The van der Waals surface area contributed by atoms with Crippen molar-refractivity contribution in [1.29, 1.82) is 0 Å². The van der Waals surface area contributed by atoms with Crippen molar-refractivity contribution in [3.05, 3.63) is 34.0 Å². The molecule has 2 aliphatic rings. The molecule has 1 aliphatic heterocycles. The van der Waals surface area contributed by atoms with Gasteiger partial charge in [0.25, 0.3) is 11.5 Å². The standard InChI is InChI=1S/C19H25N5O3/c1-12-11-24-16(18(26)20-12)10-15(22-24)19(27)23-8-6-13(7-9-23)17(25)21-14-4-2-3-5-14/h10-11,13-14H,2-9H2,1H3,(H,20,26)(H,21,25). The van der Waals surface area contributed by atoms with Crippen molar-refractivity contribution in [1.82, 2.24) is 24.8 Å². The second-order valence-electron chi connectivity index (χ2n) is 7.68. The van der Waals surface area contributed by atoms with E-state index < -0.39 is 0 Å². The third-order valence-corrected chi connectivity index (χ3v) is 5.67. The highest BCUT2D eigenvalue weighted by atomic mass is 16.2. The van der Waals surface area contributed by atoms with E-state index in [9.17, 15) is 14.4 Å². The number of piperidine rings is 1. The number of aromatic amines is 1. The van der Waals surface area contributed by atoms with Crippen molar-refractivity contribution in [2.24, 2.45) is 5.92 Å². The van der Waals surface area contributed by atoms with Gasteiger partial charge in [-0.15, -0.1) is 0 Å². The van der Waals surface area contributed by atoms with Crippen LogP contribution in [0.5, 0.6) is 0 Å². The largest absolute Gasteiger partial charge is 0.353 e. The minimum atomic E-state index is -0.260. The van der Waals surface area contributed by atoms with E-state index in [-0.39, 0.29) is 29.0 Å². The number of nitrogens with one attached hydrogen (secondary N) is 2. The topological polar surface area (TPSA) is 99.6 Å². The highest BCUT2D eigenvalue weighted by Gasteiger charge is 2.30. The molecule has 0 radical (unpaired) electrons. The summed E-state index contributed by atoms with van der Waals surface area (Å²) in [5.41, 5.74) is 1.04. The fourth-order valence-corrected chi connectivity index (χ4v) is 4.12. The highest BCUT2D eigenvalue weighted by molar-refractivity contribution is 5.93. The molecule has 0 spiro atoms. The van der Waals surface area contributed by atoms with E-state index in [1.165, 1.54) is 23.4 Å². The normalized spacial score (nSPS) is 18.9. The molecule has 4 rings (SSSR count). The lowest BCUT2D eigenvalue weighted by atomic mass is 9.95. The molecule has 2 fully saturated rings. The van der Waals surface area contributed by atoms with Gasteiger partial charge in [-0.3, -0.25) is 14.4 Å². The van der Waals surface area contributed by atoms with Crippen molar-refractivity contribution < 1.29 is 9.59 Å². The molecule has 0 unspecified atom stereocenters. The summed E-state index contributed by atoms with van der Waals surface area (Å²) in [6, 6.07) is 1.86. The van der Waals surface area contributed by atoms with Crippen molar-refractivity contribution in [2.75, 3.05) is 13.1 Å². The molecule has 0 atom stereocenters. The number of fused-ring (bicyclic) bond motifs is 1. The van der Waals surface area contributed by atoms with E-state index >= 15 is 0 Å². The third-order valence-electron chi connectivity index (χ3n) is 5.67. The third kappa shape index (κ3) is 3.61. The van der Waals surface area contributed by atoms with Crippen molar-refractivity contribution >= 4 is 17.3 Å². The van der Waals surface area contributed by atoms with Crippen molar-refractivity contribution in [3.63, 3.8) is 0 Å². The van der Waals surface area contributed by atoms with Crippen LogP contribution in [-0.4, -0.2) is 50.4 Å². The predicted molar refractivity (Wildman–Crippen MR) is 99.6 cm³/mol. The summed E-state index contributed by atoms with van der Waals surface area (Å²) in [5, 5.41) is 7.42. The number of hydrogen-bond donors (Lipinski definition) is 2. The van der Waals surface area contributed by atoms with Crippen LogP contribution >= 0.6 is 0 Å². The van der Waals surface area contributed by atoms with Crippen LogP contribution in [0.4, 0.5) is 0 Å². The number of hydrogen-bond acceptors (Lipinski definition) is 4. The Hall–Kier alpha value is -2.64. The lowest BCUT2D eigenvalue weighted by Gasteiger charge is -2.31. The summed E-state index contributed by atoms with van der Waals surface area (Å²) in [6.07, 6.45) is 7.56. The monoisotopic (exact) mass is 371 g/mol. The van der Waals surface area contributed by atoms with Crippen LogP contribution in [0.1, 0.15) is 54.7 Å². The molecule has 1 saturated carbocycles. The van der Waals surface area contributed by atoms with Gasteiger partial charge in [-0.25, -0.2) is 4.52 Å². The number of amides is 2. The van der Waals surface area contributed by atoms with E-state index in [4.69, 9.17) is 0 Å². The number of aryl methyl sites for hydroxylation is 1. The lowest BCUT2D eigenvalue weighted by Crippen LogP contribution is -2.45. The number of likely N-dealkylation sites (tertiary alicyclic amines) is 1. The summed E-state index contributed by atoms with van der Waals surface area (Å²) < 4.78 is 1.45. The Morgan fingerprint density at radius 2 is 1.89 bits per heavy atom. The van der Waals surface area contributed by atoms with Crippen LogP contribution in [0.3, 0.4) is 0 Å². The molecular weight excluding hydrogens is 346 g/mol. The summed E-state index contributed by atoms with van der Waals surface area (Å²) >= 11 is 0. The van der Waals surface area contributed by atoms with Crippen LogP contribution in [0, 0.1) is 12.8 Å². The van der Waals surface area contributed by atoms with Gasteiger partial charge in [-0.2, -0.15) is 5.10 Å². The van der Waals surface area contributed by atoms with Gasteiger partial charge in [0.15, 0.2) is 5.69 Å². The first-order valence-corrected chi connectivity index (χ1v) is 9.70. The molecule has 1 aliphatic carbocycles. The van der Waals surface area contributed by atoms with Crippen molar-refractivity contribution in [2.45, 2.75) is 51.5 Å². The minimum Gasteiger partial charge on any atom is -0.353 e. The van der Waals surface area contributed by atoms with Gasteiger partial charge in [-0.05, 0) is 32.6 Å². The molecule has 2 aromatic heterocycles. The fraction of sp³-hybridized carbons (Fsp3) is 0.579. The molecule has 0 aromatic carbocycles. The van der Waals surface area contributed by atoms with Gasteiger partial charge in [0, 0.05) is 43.0 Å². The molecule has 1 saturated heterocycles. The van der Waals surface area contributed by atoms with Crippen LogP contribution in [0.2, 0.25) is 0 Å². The van der Waals surface area contributed by atoms with Gasteiger partial charge >= 0.3 is 0 Å². The van der Waals surface area contributed by atoms with Crippen LogP contribution in [-0.2, 0) is 4.79 Å². The summed E-state index contributed by atoms with van der Waals surface area (Å²) in [4.78, 5) is 41.6. The Balaban J connectivity index is 1.39. The predicted octanol–water partition coefficient (Wildman–Crippen LogP) is 1.24. The molecule has 3 heterocycles. The molecule has 8 heteroatoms. The number of H-pyrrole nitrogens is 1. The molecular formula is C19H25N5O3. The van der Waals surface area contributed by atoms with E-state index in [0.717, 1.165) is 12.8 Å². The first-order chi connectivity index (χ1) is 13.0. The number of aromatic nitrogens is 3. The molecule has 2 aromatic rings. The van der Waals surface area contributed by atoms with Crippen LogP contribution < -0.4 is 10.9 Å². The van der Waals surface area contributed by atoms with Crippen LogP contribution in [0.25, 0.3) is 5.52 Å². The molecule has 27 heavy (non-hydrogen) atoms. The van der Waals surface area contributed by atoms with E-state index in [2.05, 4.69) is 15.4 Å². The first kappa shape index (κ1) is 17.8. The number of carbonyl (C=O) groups excluding carboxylic acids is 2. The average molecular weight is 371 g/mol. The summed E-state index contributed by atoms with van der Waals surface area (Å²) in [7, 11) is 0. The summed E-state index contributed by atoms with van der Waals surface area (Å²) in [5.74, 6) is -0.0876. The van der Waals surface area contributed by atoms with Gasteiger partial charge in [0.05, 0.1) is 0 Å². The zero-order valence-corrected chi connectivity index (χ0v) is 15.5. The number of nitrogens with zero attached hydrogens (tertiary/aromatic N) is 3. The molecule has 2 N–H and O–H groups in total. The Morgan fingerprint density at radius 3 is 2.59 bits per heavy atom. The minimum absolute atomic E-state index is 0.0267. The zero-order valence-electron chi connectivity index (χ0n) is 15.5. The second kappa shape index (κ2) is 7.17. The summed E-state index contributed by atoms with van der Waals surface area (Å²) in [6.45, 7) is 2.83. The SMILES string of the molecule is Cc1cn2nc(C(=O)N3CCC(C(=O)NC4CCCC4)CC3)cc2c(=O)[nH]1. The Kier molecular flexibility index (Phi) is 4.72. The smallest absolute Gasteiger partial charge is 0.274 e. The Morgan fingerprint density at radius 1 is 1.19 bits per heavy atom. The molecule has 144 valence electrons.